The van der Waals surface area contributed by atoms with Crippen LogP contribution in [0.15, 0.2) is 0 Å². The minimum Gasteiger partial charge on any atom is -0.481 e. The predicted molar refractivity (Wildman–Crippen MR) is 180 cm³/mol. The molecule has 0 aromatic rings. The molecule has 0 amide bonds. The Morgan fingerprint density at radius 1 is 0.488 bits per heavy atom. The topological polar surface area (TPSA) is 74.6 Å². The van der Waals surface area contributed by atoms with E-state index in [4.69, 9.17) is 0 Å². The summed E-state index contributed by atoms with van der Waals surface area (Å²) in [5, 5.41) is 19.1. The van der Waals surface area contributed by atoms with Crippen molar-refractivity contribution in [3.05, 3.63) is 0 Å². The summed E-state index contributed by atoms with van der Waals surface area (Å²) in [7, 11) is 0. The van der Waals surface area contributed by atoms with Crippen molar-refractivity contribution in [1.29, 1.82) is 0 Å². The number of aliphatic carboxylic acids is 2. The summed E-state index contributed by atoms with van der Waals surface area (Å²) >= 11 is 1.59. The molecule has 2 N–H and O–H groups in total. The van der Waals surface area contributed by atoms with Crippen molar-refractivity contribution in [2.24, 2.45) is 5.92 Å². The maximum absolute atomic E-state index is 11.8. The summed E-state index contributed by atoms with van der Waals surface area (Å²) < 4.78 is 0. The SMILES string of the molecule is CCCCCCCCCCCCCCCC(CC(=O)O)SCC(CCCCCCCCCCCCCCC)C(=O)O. The van der Waals surface area contributed by atoms with Crippen LogP contribution in [0.5, 0.6) is 0 Å². The van der Waals surface area contributed by atoms with Gasteiger partial charge in [0.25, 0.3) is 0 Å². The minimum atomic E-state index is -0.763. The highest BCUT2D eigenvalue weighted by Crippen LogP contribution is 2.26. The Bertz CT molecular complexity index is 568. The van der Waals surface area contributed by atoms with Crippen molar-refractivity contribution in [2.75, 3.05) is 5.75 Å². The molecule has 0 fully saturated rings. The van der Waals surface area contributed by atoms with Gasteiger partial charge in [0.15, 0.2) is 0 Å². The maximum atomic E-state index is 11.8. The van der Waals surface area contributed by atoms with Crippen molar-refractivity contribution in [2.45, 2.75) is 205 Å². The minimum absolute atomic E-state index is 0.0358. The van der Waals surface area contributed by atoms with Gasteiger partial charge in [-0.1, -0.05) is 181 Å². The number of hydrogen-bond donors (Lipinski definition) is 2. The van der Waals surface area contributed by atoms with Gasteiger partial charge >= 0.3 is 11.9 Å². The quantitative estimate of drug-likeness (QED) is 0.0721. The average Bonchev–Trinajstić information content (AvgIpc) is 2.94. The fourth-order valence-electron chi connectivity index (χ4n) is 5.77. The van der Waals surface area contributed by atoms with Crippen LogP contribution < -0.4 is 0 Å². The van der Waals surface area contributed by atoms with Gasteiger partial charge in [-0.05, 0) is 12.8 Å². The van der Waals surface area contributed by atoms with Gasteiger partial charge in [0.1, 0.15) is 0 Å². The standard InChI is InChI=1S/C36H70O4S/c1-3-5-7-9-11-13-15-17-19-21-23-25-27-29-33(36(39)40)32-41-34(31-35(37)38)30-28-26-24-22-20-18-16-14-12-10-8-6-4-2/h33-34H,3-32H2,1-2H3,(H,37,38)(H,39,40). The second-order valence-corrected chi connectivity index (χ2v) is 14.0. The van der Waals surface area contributed by atoms with E-state index in [2.05, 4.69) is 13.8 Å². The molecule has 0 aromatic heterocycles. The molecule has 4 nitrogen and oxygen atoms in total. The first-order chi connectivity index (χ1) is 20.0. The third kappa shape index (κ3) is 30.5. The fraction of sp³-hybridized carbons (Fsp3) is 0.944. The van der Waals surface area contributed by atoms with E-state index in [0.717, 1.165) is 38.5 Å². The molecule has 0 aliphatic carbocycles. The van der Waals surface area contributed by atoms with E-state index in [1.807, 2.05) is 0 Å². The van der Waals surface area contributed by atoms with Crippen LogP contribution in [0.1, 0.15) is 200 Å². The van der Waals surface area contributed by atoms with E-state index in [-0.39, 0.29) is 17.6 Å². The predicted octanol–water partition coefficient (Wildman–Crippen LogP) is 12.2. The lowest BCUT2D eigenvalue weighted by atomic mass is 10.0. The maximum Gasteiger partial charge on any atom is 0.307 e. The molecular formula is C36H70O4S. The lowest BCUT2D eigenvalue weighted by Gasteiger charge is -2.18. The number of carbonyl (C=O) groups is 2. The lowest BCUT2D eigenvalue weighted by molar-refractivity contribution is -0.141. The van der Waals surface area contributed by atoms with Crippen LogP contribution in [-0.4, -0.2) is 33.2 Å². The lowest BCUT2D eigenvalue weighted by Crippen LogP contribution is -2.19. The van der Waals surface area contributed by atoms with Gasteiger partial charge in [-0.2, -0.15) is 11.8 Å². The summed E-state index contributed by atoms with van der Waals surface area (Å²) in [6, 6.07) is 0. The average molecular weight is 599 g/mol. The molecule has 0 rings (SSSR count). The first-order valence-corrected chi connectivity index (χ1v) is 19.1. The van der Waals surface area contributed by atoms with Gasteiger partial charge in [0.05, 0.1) is 12.3 Å². The van der Waals surface area contributed by atoms with E-state index in [1.54, 1.807) is 11.8 Å². The zero-order valence-electron chi connectivity index (χ0n) is 27.5. The Morgan fingerprint density at radius 3 is 1.12 bits per heavy atom. The van der Waals surface area contributed by atoms with Crippen LogP contribution in [0.3, 0.4) is 0 Å². The monoisotopic (exact) mass is 598 g/mol. The summed E-state index contributed by atoms with van der Waals surface area (Å²) in [5.41, 5.74) is 0. The van der Waals surface area contributed by atoms with Gasteiger partial charge in [0, 0.05) is 11.0 Å². The highest BCUT2D eigenvalue weighted by Gasteiger charge is 2.21. The number of carboxylic acid groups (broad SMARTS) is 2. The number of rotatable bonds is 34. The van der Waals surface area contributed by atoms with E-state index in [9.17, 15) is 19.8 Å². The molecule has 41 heavy (non-hydrogen) atoms. The van der Waals surface area contributed by atoms with E-state index in [0.29, 0.717) is 5.75 Å². The van der Waals surface area contributed by atoms with Crippen LogP contribution in [-0.2, 0) is 9.59 Å². The molecular weight excluding hydrogens is 528 g/mol. The first-order valence-electron chi connectivity index (χ1n) is 18.1. The largest absolute Gasteiger partial charge is 0.481 e. The molecule has 0 aliphatic rings. The van der Waals surface area contributed by atoms with E-state index < -0.39 is 11.9 Å². The third-order valence-corrected chi connectivity index (χ3v) is 10.0. The van der Waals surface area contributed by atoms with Gasteiger partial charge in [-0.25, -0.2) is 0 Å². The summed E-state index contributed by atoms with van der Waals surface area (Å²) in [5.74, 6) is -1.29. The molecule has 0 bridgehead atoms. The Morgan fingerprint density at radius 2 is 0.805 bits per heavy atom. The molecule has 0 saturated heterocycles. The van der Waals surface area contributed by atoms with Gasteiger partial charge in [0.2, 0.25) is 0 Å². The first kappa shape index (κ1) is 40.3. The second kappa shape index (κ2) is 32.2. The van der Waals surface area contributed by atoms with Crippen molar-refractivity contribution in [1.82, 2.24) is 0 Å². The number of hydrogen-bond acceptors (Lipinski definition) is 3. The van der Waals surface area contributed by atoms with Gasteiger partial charge in [-0.15, -0.1) is 0 Å². The number of unbranched alkanes of at least 4 members (excludes halogenated alkanes) is 24. The third-order valence-electron chi connectivity index (χ3n) is 8.57. The Labute approximate surface area is 260 Å². The summed E-state index contributed by atoms with van der Waals surface area (Å²) in [6.45, 7) is 4.53. The molecule has 0 aliphatic heterocycles. The molecule has 2 atom stereocenters. The highest BCUT2D eigenvalue weighted by molar-refractivity contribution is 7.99. The van der Waals surface area contributed by atoms with Crippen molar-refractivity contribution >= 4 is 23.7 Å². The molecule has 0 heterocycles. The van der Waals surface area contributed by atoms with Crippen LogP contribution in [0.2, 0.25) is 0 Å². The molecule has 244 valence electrons. The highest BCUT2D eigenvalue weighted by atomic mass is 32.2. The fourth-order valence-corrected chi connectivity index (χ4v) is 7.18. The Balaban J connectivity index is 3.88. The number of thioether (sulfide) groups is 1. The van der Waals surface area contributed by atoms with E-state index in [1.165, 1.54) is 141 Å². The van der Waals surface area contributed by atoms with Crippen molar-refractivity contribution < 1.29 is 19.8 Å². The van der Waals surface area contributed by atoms with Crippen LogP contribution in [0.25, 0.3) is 0 Å². The van der Waals surface area contributed by atoms with Crippen LogP contribution in [0, 0.1) is 5.92 Å². The van der Waals surface area contributed by atoms with Gasteiger partial charge in [-0.3, -0.25) is 9.59 Å². The molecule has 2 unspecified atom stereocenters. The summed E-state index contributed by atoms with van der Waals surface area (Å²) in [4.78, 5) is 23.2. The van der Waals surface area contributed by atoms with Crippen molar-refractivity contribution in [3.63, 3.8) is 0 Å². The van der Waals surface area contributed by atoms with Crippen LogP contribution in [0.4, 0.5) is 0 Å². The molecule has 0 saturated carbocycles. The number of carboxylic acids is 2. The summed E-state index contributed by atoms with van der Waals surface area (Å²) in [6.07, 6.45) is 35.6. The molecule has 0 radical (unpaired) electrons. The zero-order valence-corrected chi connectivity index (χ0v) is 28.3. The van der Waals surface area contributed by atoms with Crippen molar-refractivity contribution in [3.8, 4) is 0 Å². The van der Waals surface area contributed by atoms with Crippen LogP contribution >= 0.6 is 11.8 Å². The normalized spacial score (nSPS) is 12.9. The Hall–Kier alpha value is -0.710. The molecule has 0 spiro atoms. The smallest absolute Gasteiger partial charge is 0.307 e. The second-order valence-electron chi connectivity index (χ2n) is 12.7. The Kier molecular flexibility index (Phi) is 31.7. The molecule has 0 aromatic carbocycles. The van der Waals surface area contributed by atoms with E-state index >= 15 is 0 Å². The van der Waals surface area contributed by atoms with Gasteiger partial charge < -0.3 is 10.2 Å². The zero-order chi connectivity index (χ0) is 30.2. The molecule has 5 heteroatoms.